The Bertz CT molecular complexity index is 662. The zero-order valence-corrected chi connectivity index (χ0v) is 11.8. The molecule has 100 valence electrons. The molecular formula is C16H13NO2S. The molecule has 0 atom stereocenters. The SMILES string of the molecule is CSc1ccccc1C(=O)OCc1cccc(C#N)c1. The molecule has 3 nitrogen and oxygen atoms in total. The van der Waals surface area contributed by atoms with Crippen LogP contribution < -0.4 is 0 Å². The van der Waals surface area contributed by atoms with Crippen LogP contribution in [0.2, 0.25) is 0 Å². The van der Waals surface area contributed by atoms with E-state index >= 15 is 0 Å². The van der Waals surface area contributed by atoms with Gasteiger partial charge >= 0.3 is 5.97 Å². The summed E-state index contributed by atoms with van der Waals surface area (Å²) in [6, 6.07) is 16.4. The third kappa shape index (κ3) is 3.40. The lowest BCUT2D eigenvalue weighted by atomic mass is 10.1. The largest absolute Gasteiger partial charge is 0.457 e. The van der Waals surface area contributed by atoms with Crippen molar-refractivity contribution in [2.24, 2.45) is 0 Å². The van der Waals surface area contributed by atoms with Crippen molar-refractivity contribution in [3.05, 3.63) is 65.2 Å². The van der Waals surface area contributed by atoms with E-state index in [1.165, 1.54) is 11.8 Å². The zero-order valence-electron chi connectivity index (χ0n) is 11.0. The van der Waals surface area contributed by atoms with E-state index in [2.05, 4.69) is 6.07 Å². The Balaban J connectivity index is 2.07. The van der Waals surface area contributed by atoms with Crippen molar-refractivity contribution < 1.29 is 9.53 Å². The summed E-state index contributed by atoms with van der Waals surface area (Å²) in [4.78, 5) is 12.9. The second-order valence-corrected chi connectivity index (χ2v) is 4.94. The van der Waals surface area contributed by atoms with Crippen LogP contribution in [0.5, 0.6) is 0 Å². The van der Waals surface area contributed by atoms with Gasteiger partial charge in [0.05, 0.1) is 17.2 Å². The first kappa shape index (κ1) is 14.2. The van der Waals surface area contributed by atoms with Crippen LogP contribution in [0.15, 0.2) is 53.4 Å². The molecule has 0 amide bonds. The van der Waals surface area contributed by atoms with Crippen LogP contribution in [-0.4, -0.2) is 12.2 Å². The van der Waals surface area contributed by atoms with Crippen LogP contribution in [0.3, 0.4) is 0 Å². The molecule has 0 saturated heterocycles. The minimum atomic E-state index is -0.350. The molecule has 0 spiro atoms. The lowest BCUT2D eigenvalue weighted by Crippen LogP contribution is -2.06. The first-order valence-corrected chi connectivity index (χ1v) is 7.26. The van der Waals surface area contributed by atoms with E-state index in [-0.39, 0.29) is 12.6 Å². The highest BCUT2D eigenvalue weighted by Gasteiger charge is 2.11. The van der Waals surface area contributed by atoms with Gasteiger partial charge in [-0.05, 0) is 36.1 Å². The number of nitrogens with zero attached hydrogens (tertiary/aromatic N) is 1. The predicted molar refractivity (Wildman–Crippen MR) is 78.5 cm³/mol. The van der Waals surface area contributed by atoms with Gasteiger partial charge in [0.2, 0.25) is 0 Å². The maximum absolute atomic E-state index is 12.1. The summed E-state index contributed by atoms with van der Waals surface area (Å²) in [6.07, 6.45) is 1.92. The lowest BCUT2D eigenvalue weighted by Gasteiger charge is -2.08. The molecule has 0 aliphatic carbocycles. The average Bonchev–Trinajstić information content (AvgIpc) is 2.52. The van der Waals surface area contributed by atoms with Gasteiger partial charge in [-0.25, -0.2) is 4.79 Å². The Morgan fingerprint density at radius 3 is 2.80 bits per heavy atom. The van der Waals surface area contributed by atoms with E-state index in [1.807, 2.05) is 30.5 Å². The first-order valence-electron chi connectivity index (χ1n) is 6.04. The minimum Gasteiger partial charge on any atom is -0.457 e. The molecule has 0 unspecified atom stereocenters. The number of rotatable bonds is 4. The van der Waals surface area contributed by atoms with Crippen LogP contribution in [-0.2, 0) is 11.3 Å². The number of carbonyl (C=O) groups is 1. The summed E-state index contributed by atoms with van der Waals surface area (Å²) in [5.41, 5.74) is 1.93. The van der Waals surface area contributed by atoms with Gasteiger partial charge in [-0.1, -0.05) is 24.3 Å². The predicted octanol–water partition coefficient (Wildman–Crippen LogP) is 3.64. The first-order chi connectivity index (χ1) is 9.74. The molecule has 0 heterocycles. The summed E-state index contributed by atoms with van der Waals surface area (Å²) >= 11 is 1.51. The van der Waals surface area contributed by atoms with Gasteiger partial charge in [-0.2, -0.15) is 5.26 Å². The van der Waals surface area contributed by atoms with Gasteiger partial charge < -0.3 is 4.74 Å². The maximum atomic E-state index is 12.1. The number of nitriles is 1. The van der Waals surface area contributed by atoms with E-state index in [9.17, 15) is 4.79 Å². The van der Waals surface area contributed by atoms with Gasteiger partial charge in [0.25, 0.3) is 0 Å². The van der Waals surface area contributed by atoms with E-state index in [4.69, 9.17) is 10.00 Å². The fourth-order valence-electron chi connectivity index (χ4n) is 1.77. The van der Waals surface area contributed by atoms with Crippen molar-refractivity contribution in [1.29, 1.82) is 5.26 Å². The monoisotopic (exact) mass is 283 g/mol. The molecule has 4 heteroatoms. The van der Waals surface area contributed by atoms with Crippen molar-refractivity contribution in [3.63, 3.8) is 0 Å². The molecule has 0 aliphatic rings. The molecule has 2 rings (SSSR count). The maximum Gasteiger partial charge on any atom is 0.339 e. The summed E-state index contributed by atoms with van der Waals surface area (Å²) in [5, 5.41) is 8.83. The van der Waals surface area contributed by atoms with Crippen LogP contribution in [0.1, 0.15) is 21.5 Å². The number of hydrogen-bond acceptors (Lipinski definition) is 4. The molecule has 2 aromatic rings. The van der Waals surface area contributed by atoms with Gasteiger partial charge in [-0.15, -0.1) is 11.8 Å². The molecule has 0 aromatic heterocycles. The second-order valence-electron chi connectivity index (χ2n) is 4.09. The summed E-state index contributed by atoms with van der Waals surface area (Å²) in [5.74, 6) is -0.350. The number of carbonyl (C=O) groups excluding carboxylic acids is 1. The topological polar surface area (TPSA) is 50.1 Å². The summed E-state index contributed by atoms with van der Waals surface area (Å²) in [6.45, 7) is 0.164. The Morgan fingerprint density at radius 1 is 1.25 bits per heavy atom. The highest BCUT2D eigenvalue weighted by molar-refractivity contribution is 7.98. The average molecular weight is 283 g/mol. The van der Waals surface area contributed by atoms with E-state index in [0.717, 1.165) is 10.5 Å². The fraction of sp³-hybridized carbons (Fsp3) is 0.125. The molecule has 0 fully saturated rings. The van der Waals surface area contributed by atoms with Gasteiger partial charge in [0, 0.05) is 4.90 Å². The van der Waals surface area contributed by atoms with Gasteiger partial charge in [-0.3, -0.25) is 0 Å². The van der Waals surface area contributed by atoms with Crippen molar-refractivity contribution >= 4 is 17.7 Å². The Hall–Kier alpha value is -2.25. The molecule has 0 bridgehead atoms. The normalized spacial score (nSPS) is 9.80. The highest BCUT2D eigenvalue weighted by Crippen LogP contribution is 2.21. The summed E-state index contributed by atoms with van der Waals surface area (Å²) < 4.78 is 5.29. The number of ether oxygens (including phenoxy) is 1. The molecule has 2 aromatic carbocycles. The molecule has 0 radical (unpaired) electrons. The van der Waals surface area contributed by atoms with Crippen molar-refractivity contribution in [3.8, 4) is 6.07 Å². The molecule has 0 saturated carbocycles. The van der Waals surface area contributed by atoms with E-state index in [1.54, 1.807) is 24.3 Å². The third-order valence-electron chi connectivity index (χ3n) is 2.75. The van der Waals surface area contributed by atoms with E-state index in [0.29, 0.717) is 11.1 Å². The quantitative estimate of drug-likeness (QED) is 0.635. The minimum absolute atomic E-state index is 0.164. The van der Waals surface area contributed by atoms with Crippen molar-refractivity contribution in [1.82, 2.24) is 0 Å². The Kier molecular flexibility index (Phi) is 4.80. The smallest absolute Gasteiger partial charge is 0.339 e. The second kappa shape index (κ2) is 6.78. The molecule has 0 N–H and O–H groups in total. The highest BCUT2D eigenvalue weighted by atomic mass is 32.2. The number of hydrogen-bond donors (Lipinski definition) is 0. The van der Waals surface area contributed by atoms with Gasteiger partial charge in [0.1, 0.15) is 6.61 Å². The fourth-order valence-corrected chi connectivity index (χ4v) is 2.36. The number of thioether (sulfide) groups is 1. The standard InChI is InChI=1S/C16H13NO2S/c1-20-15-8-3-2-7-14(15)16(18)19-11-13-6-4-5-12(9-13)10-17/h2-9H,11H2,1H3. The van der Waals surface area contributed by atoms with Crippen LogP contribution in [0.4, 0.5) is 0 Å². The van der Waals surface area contributed by atoms with Crippen LogP contribution >= 0.6 is 11.8 Å². The van der Waals surface area contributed by atoms with E-state index < -0.39 is 0 Å². The van der Waals surface area contributed by atoms with Crippen LogP contribution in [0, 0.1) is 11.3 Å². The van der Waals surface area contributed by atoms with Crippen LogP contribution in [0.25, 0.3) is 0 Å². The lowest BCUT2D eigenvalue weighted by molar-refractivity contribution is 0.0468. The number of esters is 1. The third-order valence-corrected chi connectivity index (χ3v) is 3.55. The Labute approximate surface area is 122 Å². The van der Waals surface area contributed by atoms with Crippen molar-refractivity contribution in [2.75, 3.05) is 6.26 Å². The molecule has 20 heavy (non-hydrogen) atoms. The van der Waals surface area contributed by atoms with Crippen molar-refractivity contribution in [2.45, 2.75) is 11.5 Å². The summed E-state index contributed by atoms with van der Waals surface area (Å²) in [7, 11) is 0. The zero-order chi connectivity index (χ0) is 14.4. The van der Waals surface area contributed by atoms with Gasteiger partial charge in [0.15, 0.2) is 0 Å². The molecular weight excluding hydrogens is 270 g/mol. The number of benzene rings is 2. The Morgan fingerprint density at radius 2 is 2.05 bits per heavy atom. The molecule has 0 aliphatic heterocycles.